The summed E-state index contributed by atoms with van der Waals surface area (Å²) in [5.74, 6) is -1.09. The van der Waals surface area contributed by atoms with Gasteiger partial charge < -0.3 is 15.4 Å². The van der Waals surface area contributed by atoms with Crippen LogP contribution in [0.5, 0.6) is 5.75 Å². The van der Waals surface area contributed by atoms with Crippen molar-refractivity contribution in [3.63, 3.8) is 0 Å². The predicted molar refractivity (Wildman–Crippen MR) is 97.2 cm³/mol. The summed E-state index contributed by atoms with van der Waals surface area (Å²) < 4.78 is 0. The van der Waals surface area contributed by atoms with Crippen LogP contribution in [0.1, 0.15) is 21.6 Å². The normalized spacial score (nSPS) is 10.6. The number of aromatic nitrogens is 2. The van der Waals surface area contributed by atoms with Crippen molar-refractivity contribution >= 4 is 28.8 Å². The first-order chi connectivity index (χ1) is 12.0. The maximum Gasteiger partial charge on any atom is 0.294 e. The number of aromatic amines is 1. The highest BCUT2D eigenvalue weighted by molar-refractivity contribution is 7.13. The molecule has 1 amide bonds. The van der Waals surface area contributed by atoms with Gasteiger partial charge in [-0.2, -0.15) is 0 Å². The number of carbonyl (C=O) groups excluding carboxylic acids is 1. The summed E-state index contributed by atoms with van der Waals surface area (Å²) in [6.45, 7) is 2.11. The number of H-pyrrole nitrogens is 1. The van der Waals surface area contributed by atoms with E-state index in [-0.39, 0.29) is 18.1 Å². The van der Waals surface area contributed by atoms with Gasteiger partial charge in [0, 0.05) is 11.6 Å². The van der Waals surface area contributed by atoms with E-state index in [4.69, 9.17) is 11.6 Å². The minimum Gasteiger partial charge on any atom is -0.501 e. The second-order valence-corrected chi connectivity index (χ2v) is 6.73. The number of nitrogens with zero attached hydrogens (tertiary/aromatic N) is 1. The van der Waals surface area contributed by atoms with E-state index in [1.165, 1.54) is 11.3 Å². The van der Waals surface area contributed by atoms with Gasteiger partial charge in [-0.05, 0) is 41.6 Å². The monoisotopic (exact) mass is 375 g/mol. The maximum atomic E-state index is 12.4. The zero-order chi connectivity index (χ0) is 18.0. The van der Waals surface area contributed by atoms with E-state index in [9.17, 15) is 14.7 Å². The van der Waals surface area contributed by atoms with Gasteiger partial charge in [0.2, 0.25) is 5.75 Å². The third kappa shape index (κ3) is 3.72. The largest absolute Gasteiger partial charge is 0.501 e. The average Bonchev–Trinajstić information content (AvgIpc) is 3.10. The summed E-state index contributed by atoms with van der Waals surface area (Å²) in [4.78, 5) is 31.5. The van der Waals surface area contributed by atoms with Gasteiger partial charge in [0.05, 0.1) is 4.88 Å². The van der Waals surface area contributed by atoms with Gasteiger partial charge in [0.25, 0.3) is 11.5 Å². The molecule has 0 fully saturated rings. The highest BCUT2D eigenvalue weighted by Gasteiger charge is 2.19. The number of benzene rings is 1. The summed E-state index contributed by atoms with van der Waals surface area (Å²) in [5, 5.41) is 15.0. The lowest BCUT2D eigenvalue weighted by molar-refractivity contribution is 0.0942. The van der Waals surface area contributed by atoms with Crippen LogP contribution in [-0.4, -0.2) is 21.0 Å². The van der Waals surface area contributed by atoms with Crippen LogP contribution in [0.4, 0.5) is 0 Å². The molecule has 1 aromatic carbocycles. The molecule has 0 bridgehead atoms. The second kappa shape index (κ2) is 7.08. The van der Waals surface area contributed by atoms with Gasteiger partial charge in [-0.15, -0.1) is 11.3 Å². The molecule has 8 heteroatoms. The van der Waals surface area contributed by atoms with E-state index in [2.05, 4.69) is 15.3 Å². The van der Waals surface area contributed by atoms with E-state index < -0.39 is 17.2 Å². The van der Waals surface area contributed by atoms with Gasteiger partial charge in [0.15, 0.2) is 11.5 Å². The van der Waals surface area contributed by atoms with E-state index >= 15 is 0 Å². The molecule has 6 nitrogen and oxygen atoms in total. The SMILES string of the molecule is Cc1cc(Cl)ccc1CNC(=O)c1nc(-c2cccs2)[nH]c(=O)c1O. The summed E-state index contributed by atoms with van der Waals surface area (Å²) in [7, 11) is 0. The smallest absolute Gasteiger partial charge is 0.294 e. The molecular formula is C17H14ClN3O3S. The molecule has 3 N–H and O–H groups in total. The fourth-order valence-corrected chi connectivity index (χ4v) is 3.17. The Kier molecular flexibility index (Phi) is 4.87. The molecule has 0 atom stereocenters. The number of aromatic hydroxyl groups is 1. The van der Waals surface area contributed by atoms with Crippen LogP contribution in [0, 0.1) is 6.92 Å². The van der Waals surface area contributed by atoms with Crippen molar-refractivity contribution in [2.24, 2.45) is 0 Å². The van der Waals surface area contributed by atoms with E-state index in [0.717, 1.165) is 11.1 Å². The third-order valence-electron chi connectivity index (χ3n) is 3.61. The van der Waals surface area contributed by atoms with Crippen LogP contribution >= 0.6 is 22.9 Å². The van der Waals surface area contributed by atoms with Gasteiger partial charge in [-0.1, -0.05) is 23.7 Å². The van der Waals surface area contributed by atoms with Crippen molar-refractivity contribution in [2.45, 2.75) is 13.5 Å². The Bertz CT molecular complexity index is 983. The lowest BCUT2D eigenvalue weighted by Gasteiger charge is -2.09. The van der Waals surface area contributed by atoms with Crippen molar-refractivity contribution in [2.75, 3.05) is 0 Å². The number of halogens is 1. The van der Waals surface area contributed by atoms with Crippen molar-refractivity contribution in [1.29, 1.82) is 0 Å². The molecule has 0 saturated carbocycles. The van der Waals surface area contributed by atoms with Gasteiger partial charge in [0.1, 0.15) is 0 Å². The Balaban J connectivity index is 1.85. The number of amides is 1. The topological polar surface area (TPSA) is 95.1 Å². The van der Waals surface area contributed by atoms with Gasteiger partial charge in [-0.25, -0.2) is 4.98 Å². The first-order valence-electron chi connectivity index (χ1n) is 7.36. The molecule has 3 aromatic rings. The minimum absolute atomic E-state index is 0.226. The summed E-state index contributed by atoms with van der Waals surface area (Å²) in [5.41, 5.74) is 0.737. The van der Waals surface area contributed by atoms with Crippen molar-refractivity contribution < 1.29 is 9.90 Å². The van der Waals surface area contributed by atoms with Gasteiger partial charge >= 0.3 is 0 Å². The van der Waals surface area contributed by atoms with Crippen LogP contribution in [-0.2, 0) is 6.54 Å². The Hall–Kier alpha value is -2.64. The number of hydrogen-bond acceptors (Lipinski definition) is 5. The van der Waals surface area contributed by atoms with E-state index in [1.807, 2.05) is 12.3 Å². The number of rotatable bonds is 4. The first kappa shape index (κ1) is 17.2. The zero-order valence-electron chi connectivity index (χ0n) is 13.2. The highest BCUT2D eigenvalue weighted by Crippen LogP contribution is 2.22. The standard InChI is InChI=1S/C17H14ClN3O3S/c1-9-7-11(18)5-4-10(9)8-19-16(23)13-14(22)17(24)21-15(20-13)12-3-2-6-25-12/h2-7,22H,8H2,1H3,(H,19,23)(H,20,21,24). The maximum absolute atomic E-state index is 12.4. The molecule has 0 saturated heterocycles. The predicted octanol–water partition coefficient (Wildman–Crippen LogP) is 3.10. The fraction of sp³-hybridized carbons (Fsp3) is 0.118. The molecule has 0 aliphatic heterocycles. The van der Waals surface area contributed by atoms with Crippen LogP contribution in [0.2, 0.25) is 5.02 Å². The Morgan fingerprint density at radius 1 is 1.40 bits per heavy atom. The summed E-state index contributed by atoms with van der Waals surface area (Å²) in [6.07, 6.45) is 0. The molecule has 0 aliphatic rings. The molecule has 25 heavy (non-hydrogen) atoms. The molecule has 2 heterocycles. The molecular weight excluding hydrogens is 362 g/mol. The average molecular weight is 376 g/mol. The molecule has 0 radical (unpaired) electrons. The summed E-state index contributed by atoms with van der Waals surface area (Å²) in [6, 6.07) is 8.89. The Morgan fingerprint density at radius 3 is 2.88 bits per heavy atom. The van der Waals surface area contributed by atoms with Gasteiger partial charge in [-0.3, -0.25) is 9.59 Å². The Morgan fingerprint density at radius 2 is 2.20 bits per heavy atom. The molecule has 3 rings (SSSR count). The number of aryl methyl sites for hydroxylation is 1. The van der Waals surface area contributed by atoms with Crippen LogP contribution in [0.15, 0.2) is 40.5 Å². The lowest BCUT2D eigenvalue weighted by Crippen LogP contribution is -2.26. The summed E-state index contributed by atoms with van der Waals surface area (Å²) >= 11 is 7.28. The van der Waals surface area contributed by atoms with Crippen LogP contribution in [0.25, 0.3) is 10.7 Å². The third-order valence-corrected chi connectivity index (χ3v) is 4.72. The molecule has 0 spiro atoms. The highest BCUT2D eigenvalue weighted by atomic mass is 35.5. The number of thiophene rings is 1. The van der Waals surface area contributed by atoms with Crippen LogP contribution in [0.3, 0.4) is 0 Å². The van der Waals surface area contributed by atoms with E-state index in [0.29, 0.717) is 9.90 Å². The number of hydrogen-bond donors (Lipinski definition) is 3. The second-order valence-electron chi connectivity index (χ2n) is 5.34. The molecule has 0 unspecified atom stereocenters. The first-order valence-corrected chi connectivity index (χ1v) is 8.62. The molecule has 2 aromatic heterocycles. The quantitative estimate of drug-likeness (QED) is 0.653. The van der Waals surface area contributed by atoms with Crippen LogP contribution < -0.4 is 10.9 Å². The zero-order valence-corrected chi connectivity index (χ0v) is 14.7. The molecule has 0 aliphatic carbocycles. The van der Waals surface area contributed by atoms with E-state index in [1.54, 1.807) is 30.3 Å². The minimum atomic E-state index is -0.758. The van der Waals surface area contributed by atoms with Crippen molar-refractivity contribution in [3.05, 3.63) is 67.9 Å². The number of nitrogens with one attached hydrogen (secondary N) is 2. The Labute approximate surface area is 152 Å². The number of carbonyl (C=O) groups is 1. The van der Waals surface area contributed by atoms with Crippen molar-refractivity contribution in [1.82, 2.24) is 15.3 Å². The molecule has 128 valence electrons. The lowest BCUT2D eigenvalue weighted by atomic mass is 10.1. The fourth-order valence-electron chi connectivity index (χ4n) is 2.27. The van der Waals surface area contributed by atoms with Crippen molar-refractivity contribution in [3.8, 4) is 16.5 Å².